The highest BCUT2D eigenvalue weighted by Gasteiger charge is 2.24. The van der Waals surface area contributed by atoms with Gasteiger partial charge in [0.15, 0.2) is 5.96 Å². The van der Waals surface area contributed by atoms with Crippen LogP contribution in [-0.2, 0) is 10.0 Å². The predicted molar refractivity (Wildman–Crippen MR) is 130 cm³/mol. The minimum atomic E-state index is -3.07. The first-order valence-corrected chi connectivity index (χ1v) is 11.8. The van der Waals surface area contributed by atoms with Crippen LogP contribution < -0.4 is 15.4 Å². The van der Waals surface area contributed by atoms with Crippen LogP contribution in [0.25, 0.3) is 0 Å². The molecule has 0 spiro atoms. The summed E-state index contributed by atoms with van der Waals surface area (Å²) in [4.78, 5) is 4.64. The number of aliphatic imine (C=N–C) groups is 1. The van der Waals surface area contributed by atoms with Gasteiger partial charge in [0.05, 0.1) is 12.8 Å². The number of para-hydroxylation sites is 1. The van der Waals surface area contributed by atoms with E-state index >= 15 is 0 Å². The van der Waals surface area contributed by atoms with Gasteiger partial charge in [-0.3, -0.25) is 0 Å². The second kappa shape index (κ2) is 12.6. The molecule has 29 heavy (non-hydrogen) atoms. The van der Waals surface area contributed by atoms with E-state index in [1.165, 1.54) is 6.26 Å². The summed E-state index contributed by atoms with van der Waals surface area (Å²) in [5.41, 5.74) is 1.11. The minimum absolute atomic E-state index is 0. The number of benzene rings is 1. The topological polar surface area (TPSA) is 83.0 Å². The maximum absolute atomic E-state index is 11.6. The van der Waals surface area contributed by atoms with Crippen molar-refractivity contribution in [1.29, 1.82) is 0 Å². The van der Waals surface area contributed by atoms with Crippen LogP contribution in [-0.4, -0.2) is 63.8 Å². The second-order valence-corrected chi connectivity index (χ2v) is 9.38. The third kappa shape index (κ3) is 9.08. The highest BCUT2D eigenvalue weighted by Crippen LogP contribution is 2.19. The van der Waals surface area contributed by atoms with E-state index in [-0.39, 0.29) is 30.1 Å². The molecule has 7 nitrogen and oxygen atoms in total. The Morgan fingerprint density at radius 2 is 1.93 bits per heavy atom. The molecule has 9 heteroatoms. The molecule has 0 aromatic heterocycles. The van der Waals surface area contributed by atoms with E-state index in [2.05, 4.69) is 15.6 Å². The molecule has 1 aromatic carbocycles. The summed E-state index contributed by atoms with van der Waals surface area (Å²) >= 11 is 0. The van der Waals surface area contributed by atoms with E-state index in [0.29, 0.717) is 25.6 Å². The van der Waals surface area contributed by atoms with Crippen molar-refractivity contribution >= 4 is 40.0 Å². The summed E-state index contributed by atoms with van der Waals surface area (Å²) < 4.78 is 30.8. The Morgan fingerprint density at radius 1 is 1.28 bits per heavy atom. The largest absolute Gasteiger partial charge is 0.489 e. The van der Waals surface area contributed by atoms with Gasteiger partial charge in [0.1, 0.15) is 11.9 Å². The number of nitrogens with one attached hydrogen (secondary N) is 2. The first kappa shape index (κ1) is 26.0. The van der Waals surface area contributed by atoms with Crippen LogP contribution in [0.4, 0.5) is 0 Å². The molecule has 2 rings (SSSR count). The number of nitrogens with zero attached hydrogens (tertiary/aromatic N) is 2. The average molecular weight is 538 g/mol. The molecule has 0 radical (unpaired) electrons. The van der Waals surface area contributed by atoms with Gasteiger partial charge in [-0.1, -0.05) is 18.2 Å². The van der Waals surface area contributed by atoms with Crippen molar-refractivity contribution in [2.45, 2.75) is 39.7 Å². The minimum Gasteiger partial charge on any atom is -0.489 e. The first-order valence-electron chi connectivity index (χ1n) is 9.99. The number of hydrogen-bond acceptors (Lipinski definition) is 4. The van der Waals surface area contributed by atoms with Gasteiger partial charge in [-0.15, -0.1) is 24.0 Å². The van der Waals surface area contributed by atoms with Crippen molar-refractivity contribution in [3.05, 3.63) is 29.8 Å². The predicted octanol–water partition coefficient (Wildman–Crippen LogP) is 2.61. The number of hydrogen-bond donors (Lipinski definition) is 2. The molecule has 1 saturated heterocycles. The van der Waals surface area contributed by atoms with E-state index in [4.69, 9.17) is 4.74 Å². The number of rotatable bonds is 8. The molecule has 1 aliphatic rings. The number of halogens is 1. The van der Waals surface area contributed by atoms with Gasteiger partial charge in [-0.25, -0.2) is 17.7 Å². The number of aryl methyl sites for hydroxylation is 1. The third-order valence-corrected chi connectivity index (χ3v) is 6.18. The molecule has 0 saturated carbocycles. The van der Waals surface area contributed by atoms with Gasteiger partial charge in [-0.05, 0) is 51.2 Å². The fraction of sp³-hybridized carbons (Fsp3) is 0.650. The van der Waals surface area contributed by atoms with Gasteiger partial charge >= 0.3 is 0 Å². The lowest BCUT2D eigenvalue weighted by molar-refractivity contribution is 0.228. The van der Waals surface area contributed by atoms with Gasteiger partial charge in [0.25, 0.3) is 0 Å². The zero-order valence-corrected chi connectivity index (χ0v) is 21.0. The van der Waals surface area contributed by atoms with Crippen LogP contribution in [0.15, 0.2) is 29.3 Å². The van der Waals surface area contributed by atoms with E-state index in [0.717, 1.165) is 43.2 Å². The van der Waals surface area contributed by atoms with Crippen LogP contribution in [0.1, 0.15) is 32.3 Å². The Kier molecular flexibility index (Phi) is 11.3. The van der Waals surface area contributed by atoms with Gasteiger partial charge in [-0.2, -0.15) is 0 Å². The van der Waals surface area contributed by atoms with Crippen LogP contribution in [0.5, 0.6) is 5.75 Å². The lowest BCUT2D eigenvalue weighted by Crippen LogP contribution is -2.44. The summed E-state index contributed by atoms with van der Waals surface area (Å²) in [6.45, 7) is 9.40. The average Bonchev–Trinajstić information content (AvgIpc) is 2.65. The van der Waals surface area contributed by atoms with E-state index in [9.17, 15) is 8.42 Å². The number of guanidine groups is 1. The molecule has 2 N–H and O–H groups in total. The molecule has 0 amide bonds. The van der Waals surface area contributed by atoms with Crippen molar-refractivity contribution < 1.29 is 13.2 Å². The molecule has 1 atom stereocenters. The summed E-state index contributed by atoms with van der Waals surface area (Å²) in [6.07, 6.45) is 2.98. The summed E-state index contributed by atoms with van der Waals surface area (Å²) in [5.74, 6) is 2.11. The first-order chi connectivity index (χ1) is 13.3. The summed E-state index contributed by atoms with van der Waals surface area (Å²) in [5, 5.41) is 6.65. The monoisotopic (exact) mass is 538 g/mol. The van der Waals surface area contributed by atoms with Crippen LogP contribution in [0, 0.1) is 12.8 Å². The van der Waals surface area contributed by atoms with Crippen LogP contribution in [0.3, 0.4) is 0 Å². The lowest BCUT2D eigenvalue weighted by Gasteiger charge is -2.30. The third-order valence-electron chi connectivity index (χ3n) is 4.87. The summed E-state index contributed by atoms with van der Waals surface area (Å²) in [6, 6.07) is 7.98. The number of ether oxygens (including phenoxy) is 1. The molecule has 166 valence electrons. The standard InChI is InChI=1S/C20H34N4O3S.HI/c1-5-21-20(22-14-17(3)27-19-9-7-6-8-16(19)2)23-15-18-10-12-24(13-11-18)28(4,25)26;/h6-9,17-18H,5,10-15H2,1-4H3,(H2,21,22,23);1H. The fourth-order valence-electron chi connectivity index (χ4n) is 3.19. The maximum Gasteiger partial charge on any atom is 0.211 e. The second-order valence-electron chi connectivity index (χ2n) is 7.40. The number of piperidine rings is 1. The van der Waals surface area contributed by atoms with Gasteiger partial charge in [0.2, 0.25) is 10.0 Å². The Balaban J connectivity index is 0.00000420. The Labute approximate surface area is 192 Å². The van der Waals surface area contributed by atoms with Crippen molar-refractivity contribution in [3.8, 4) is 5.75 Å². The number of sulfonamides is 1. The van der Waals surface area contributed by atoms with E-state index in [1.54, 1.807) is 4.31 Å². The molecule has 1 aromatic rings. The van der Waals surface area contributed by atoms with Gasteiger partial charge < -0.3 is 15.4 Å². The maximum atomic E-state index is 11.6. The highest BCUT2D eigenvalue weighted by atomic mass is 127. The molecule has 0 aliphatic carbocycles. The molecular weight excluding hydrogens is 503 g/mol. The van der Waals surface area contributed by atoms with Gasteiger partial charge in [0, 0.05) is 26.2 Å². The van der Waals surface area contributed by atoms with Crippen molar-refractivity contribution in [1.82, 2.24) is 14.9 Å². The highest BCUT2D eigenvalue weighted by molar-refractivity contribution is 14.0. The molecular formula is C20H35IN4O3S. The van der Waals surface area contributed by atoms with Crippen LogP contribution >= 0.6 is 24.0 Å². The summed E-state index contributed by atoms with van der Waals surface area (Å²) in [7, 11) is -3.07. The van der Waals surface area contributed by atoms with E-state index < -0.39 is 10.0 Å². The quantitative estimate of drug-likeness (QED) is 0.302. The zero-order chi connectivity index (χ0) is 20.6. The van der Waals surface area contributed by atoms with Crippen molar-refractivity contribution in [2.75, 3.05) is 39.0 Å². The van der Waals surface area contributed by atoms with Crippen molar-refractivity contribution in [2.24, 2.45) is 10.9 Å². The van der Waals surface area contributed by atoms with E-state index in [1.807, 2.05) is 45.0 Å². The zero-order valence-electron chi connectivity index (χ0n) is 17.8. The fourth-order valence-corrected chi connectivity index (χ4v) is 4.06. The molecule has 1 heterocycles. The normalized spacial score (nSPS) is 17.3. The molecule has 1 aliphatic heterocycles. The molecule has 1 fully saturated rings. The Hall–Kier alpha value is -1.07. The lowest BCUT2D eigenvalue weighted by atomic mass is 9.98. The van der Waals surface area contributed by atoms with Crippen LogP contribution in [0.2, 0.25) is 0 Å². The Morgan fingerprint density at radius 3 is 2.52 bits per heavy atom. The molecule has 0 bridgehead atoms. The molecule has 1 unspecified atom stereocenters. The van der Waals surface area contributed by atoms with Crippen molar-refractivity contribution in [3.63, 3.8) is 0 Å². The SMILES string of the molecule is CCNC(=NCC(C)Oc1ccccc1C)NCC1CCN(S(C)(=O)=O)CC1.I. The smallest absolute Gasteiger partial charge is 0.211 e. The Bertz CT molecular complexity index is 750.